The number of hydrogen-bond donors (Lipinski definition) is 1. The highest BCUT2D eigenvalue weighted by atomic mass is 79.9. The summed E-state index contributed by atoms with van der Waals surface area (Å²) in [5.74, 6) is -0.481. The summed E-state index contributed by atoms with van der Waals surface area (Å²) in [5.41, 5.74) is 0.429. The summed E-state index contributed by atoms with van der Waals surface area (Å²) >= 11 is 3.42. The van der Waals surface area contributed by atoms with Crippen LogP contribution in [0, 0.1) is 0 Å². The van der Waals surface area contributed by atoms with Gasteiger partial charge in [-0.25, -0.2) is 4.68 Å². The van der Waals surface area contributed by atoms with Gasteiger partial charge in [-0.1, -0.05) is 28.1 Å². The van der Waals surface area contributed by atoms with E-state index in [9.17, 15) is 22.8 Å². The molecule has 0 saturated heterocycles. The summed E-state index contributed by atoms with van der Waals surface area (Å²) in [7, 11) is 0. The molecular formula is C22H18BrF3N4O2. The van der Waals surface area contributed by atoms with E-state index >= 15 is 0 Å². The third kappa shape index (κ3) is 4.14. The van der Waals surface area contributed by atoms with Gasteiger partial charge >= 0.3 is 6.18 Å². The summed E-state index contributed by atoms with van der Waals surface area (Å²) in [6.45, 7) is 2.14. The van der Waals surface area contributed by atoms with Crippen molar-refractivity contribution in [2.24, 2.45) is 0 Å². The van der Waals surface area contributed by atoms with Crippen molar-refractivity contribution in [1.82, 2.24) is 15.1 Å². The average molecular weight is 507 g/mol. The van der Waals surface area contributed by atoms with E-state index in [0.717, 1.165) is 27.9 Å². The molecule has 2 heterocycles. The molecule has 2 amide bonds. The van der Waals surface area contributed by atoms with Crippen LogP contribution in [0.1, 0.15) is 28.4 Å². The average Bonchev–Trinajstić information content (AvgIpc) is 3.17. The number of amides is 2. The number of nitrogens with one attached hydrogen (secondary N) is 1. The lowest BCUT2D eigenvalue weighted by Gasteiger charge is -2.32. The minimum Gasteiger partial charge on any atom is -0.340 e. The Morgan fingerprint density at radius 2 is 1.97 bits per heavy atom. The number of carbonyl (C=O) groups excluding carboxylic acids is 2. The second kappa shape index (κ2) is 8.42. The van der Waals surface area contributed by atoms with E-state index in [1.54, 1.807) is 17.8 Å². The van der Waals surface area contributed by atoms with Crippen molar-refractivity contribution >= 4 is 33.6 Å². The molecule has 0 aliphatic carbocycles. The van der Waals surface area contributed by atoms with Crippen molar-refractivity contribution in [2.45, 2.75) is 25.6 Å². The van der Waals surface area contributed by atoms with E-state index in [1.165, 1.54) is 17.0 Å². The van der Waals surface area contributed by atoms with E-state index in [0.29, 0.717) is 12.4 Å². The van der Waals surface area contributed by atoms with Crippen LogP contribution in [0.15, 0.2) is 59.2 Å². The molecule has 1 aromatic heterocycles. The fraction of sp³-hybridized carbons (Fsp3) is 0.227. The third-order valence-corrected chi connectivity index (χ3v) is 5.68. The monoisotopic (exact) mass is 506 g/mol. The molecule has 1 aliphatic rings. The maximum atomic E-state index is 13.1. The van der Waals surface area contributed by atoms with Crippen LogP contribution in [0.3, 0.4) is 0 Å². The number of alkyl halides is 3. The van der Waals surface area contributed by atoms with Crippen LogP contribution in [-0.4, -0.2) is 34.2 Å². The van der Waals surface area contributed by atoms with Gasteiger partial charge in [0.25, 0.3) is 11.8 Å². The Hall–Kier alpha value is -3.14. The van der Waals surface area contributed by atoms with Crippen molar-refractivity contribution in [2.75, 3.05) is 11.4 Å². The van der Waals surface area contributed by atoms with Crippen molar-refractivity contribution in [3.63, 3.8) is 0 Å². The van der Waals surface area contributed by atoms with E-state index in [4.69, 9.17) is 0 Å². The lowest BCUT2D eigenvalue weighted by atomic mass is 10.0. The van der Waals surface area contributed by atoms with Crippen LogP contribution in [0.4, 0.5) is 19.0 Å². The predicted molar refractivity (Wildman–Crippen MR) is 116 cm³/mol. The molecule has 166 valence electrons. The number of aromatic nitrogens is 2. The van der Waals surface area contributed by atoms with Gasteiger partial charge in [0.05, 0.1) is 17.4 Å². The van der Waals surface area contributed by atoms with E-state index in [-0.39, 0.29) is 17.9 Å². The van der Waals surface area contributed by atoms with Crippen LogP contribution in [0.5, 0.6) is 0 Å². The molecule has 0 saturated carbocycles. The molecule has 1 atom stereocenters. The maximum absolute atomic E-state index is 13.1. The number of anilines is 1. The molecule has 0 bridgehead atoms. The number of benzene rings is 2. The molecule has 1 unspecified atom stereocenters. The summed E-state index contributed by atoms with van der Waals surface area (Å²) in [5, 5.41) is 7.00. The summed E-state index contributed by atoms with van der Waals surface area (Å²) in [6.07, 6.45) is -2.75. The Labute approximate surface area is 190 Å². The largest absolute Gasteiger partial charge is 0.416 e. The molecule has 0 radical (unpaired) electrons. The minimum absolute atomic E-state index is 0.161. The lowest BCUT2D eigenvalue weighted by molar-refractivity contribution is -0.137. The highest BCUT2D eigenvalue weighted by Gasteiger charge is 2.37. The first-order chi connectivity index (χ1) is 15.2. The quantitative estimate of drug-likeness (QED) is 0.571. The van der Waals surface area contributed by atoms with Gasteiger partial charge in [0.2, 0.25) is 0 Å². The Kier molecular flexibility index (Phi) is 5.81. The second-order valence-electron chi connectivity index (χ2n) is 7.28. The number of fused-ring (bicyclic) bond motifs is 1. The predicted octanol–water partition coefficient (Wildman–Crippen LogP) is 4.36. The smallest absolute Gasteiger partial charge is 0.340 e. The van der Waals surface area contributed by atoms with Gasteiger partial charge in [-0.05, 0) is 43.3 Å². The summed E-state index contributed by atoms with van der Waals surface area (Å²) in [6, 6.07) is 10.7. The summed E-state index contributed by atoms with van der Waals surface area (Å²) < 4.78 is 41.4. The minimum atomic E-state index is -4.56. The first-order valence-electron chi connectivity index (χ1n) is 9.81. The van der Waals surface area contributed by atoms with Crippen LogP contribution < -0.4 is 10.2 Å². The fourth-order valence-electron chi connectivity index (χ4n) is 3.70. The molecular weight excluding hydrogens is 489 g/mol. The fourth-order valence-corrected chi connectivity index (χ4v) is 4.09. The zero-order valence-corrected chi connectivity index (χ0v) is 18.4. The van der Waals surface area contributed by atoms with Gasteiger partial charge in [0.15, 0.2) is 0 Å². The van der Waals surface area contributed by atoms with E-state index in [1.807, 2.05) is 24.3 Å². The van der Waals surface area contributed by atoms with Gasteiger partial charge in [0.1, 0.15) is 11.9 Å². The zero-order chi connectivity index (χ0) is 23.0. The molecule has 2 aromatic carbocycles. The molecule has 0 fully saturated rings. The van der Waals surface area contributed by atoms with Crippen molar-refractivity contribution in [1.29, 1.82) is 0 Å². The van der Waals surface area contributed by atoms with Crippen LogP contribution in [0.2, 0.25) is 0 Å². The SMILES string of the molecule is CCN1C(=O)C(NC(=O)c2cccc(C(F)(F)F)c2)Cc2cnn(-c3cccc(Br)c3)c21. The maximum Gasteiger partial charge on any atom is 0.416 e. The Morgan fingerprint density at radius 3 is 2.66 bits per heavy atom. The summed E-state index contributed by atoms with van der Waals surface area (Å²) in [4.78, 5) is 27.3. The lowest BCUT2D eigenvalue weighted by Crippen LogP contribution is -2.53. The molecule has 0 spiro atoms. The number of halogens is 4. The number of hydrogen-bond acceptors (Lipinski definition) is 3. The molecule has 6 nitrogen and oxygen atoms in total. The van der Waals surface area contributed by atoms with Gasteiger partial charge in [-0.2, -0.15) is 18.3 Å². The first-order valence-corrected chi connectivity index (χ1v) is 10.6. The number of likely N-dealkylation sites (N-methyl/N-ethyl adjacent to an activating group) is 1. The van der Waals surface area contributed by atoms with E-state index in [2.05, 4.69) is 26.3 Å². The third-order valence-electron chi connectivity index (χ3n) is 5.19. The van der Waals surface area contributed by atoms with Crippen LogP contribution in [-0.2, 0) is 17.4 Å². The Morgan fingerprint density at radius 1 is 1.22 bits per heavy atom. The molecule has 1 aliphatic heterocycles. The second-order valence-corrected chi connectivity index (χ2v) is 8.19. The van der Waals surface area contributed by atoms with Crippen molar-refractivity contribution in [3.8, 4) is 5.69 Å². The standard InChI is InChI=1S/C22H18BrF3N4O2/c1-2-29-20-14(12-27-30(20)17-8-4-7-16(23)11-17)10-18(21(29)32)28-19(31)13-5-3-6-15(9-13)22(24,25)26/h3-9,11-12,18H,2,10H2,1H3,(H,28,31). The number of rotatable bonds is 4. The number of nitrogens with zero attached hydrogens (tertiary/aromatic N) is 3. The van der Waals surface area contributed by atoms with Crippen LogP contribution in [0.25, 0.3) is 5.69 Å². The molecule has 1 N–H and O–H groups in total. The van der Waals surface area contributed by atoms with Crippen LogP contribution >= 0.6 is 15.9 Å². The zero-order valence-electron chi connectivity index (χ0n) is 16.9. The molecule has 4 rings (SSSR count). The first kappa shape index (κ1) is 22.1. The van der Waals surface area contributed by atoms with Crippen molar-refractivity contribution in [3.05, 3.63) is 75.9 Å². The van der Waals surface area contributed by atoms with Gasteiger partial charge < -0.3 is 5.32 Å². The van der Waals surface area contributed by atoms with Gasteiger partial charge in [-0.15, -0.1) is 0 Å². The highest BCUT2D eigenvalue weighted by Crippen LogP contribution is 2.32. The van der Waals surface area contributed by atoms with Gasteiger partial charge in [-0.3, -0.25) is 14.5 Å². The highest BCUT2D eigenvalue weighted by molar-refractivity contribution is 9.10. The van der Waals surface area contributed by atoms with Crippen molar-refractivity contribution < 1.29 is 22.8 Å². The Balaban J connectivity index is 1.62. The topological polar surface area (TPSA) is 67.2 Å². The molecule has 10 heteroatoms. The molecule has 3 aromatic rings. The van der Waals surface area contributed by atoms with E-state index < -0.39 is 23.7 Å². The normalized spacial score (nSPS) is 16.1. The number of carbonyl (C=O) groups is 2. The Bertz CT molecular complexity index is 1190. The molecule has 32 heavy (non-hydrogen) atoms. The van der Waals surface area contributed by atoms with Gasteiger partial charge in [0, 0.05) is 28.6 Å².